The first-order valence-electron chi connectivity index (χ1n) is 8.43. The van der Waals surface area contributed by atoms with E-state index in [1.54, 1.807) is 35.6 Å². The minimum absolute atomic E-state index is 0.0296. The van der Waals surface area contributed by atoms with Gasteiger partial charge in [-0.05, 0) is 49.6 Å². The van der Waals surface area contributed by atoms with E-state index >= 15 is 0 Å². The van der Waals surface area contributed by atoms with Crippen molar-refractivity contribution in [3.63, 3.8) is 0 Å². The molecule has 1 atom stereocenters. The van der Waals surface area contributed by atoms with E-state index < -0.39 is 5.25 Å². The van der Waals surface area contributed by atoms with E-state index in [4.69, 9.17) is 5.73 Å². The minimum Gasteiger partial charge on any atom is -0.377 e. The summed E-state index contributed by atoms with van der Waals surface area (Å²) in [6.45, 7) is 3.28. The second-order valence-corrected chi connectivity index (χ2v) is 8.25. The fourth-order valence-electron chi connectivity index (χ4n) is 2.64. The van der Waals surface area contributed by atoms with Crippen LogP contribution in [0.15, 0.2) is 52.0 Å². The molecule has 28 heavy (non-hydrogen) atoms. The number of thioether (sulfide) groups is 1. The van der Waals surface area contributed by atoms with Crippen LogP contribution in [0.2, 0.25) is 0 Å². The topological polar surface area (TPSA) is 105 Å². The van der Waals surface area contributed by atoms with Crippen LogP contribution in [0, 0.1) is 0 Å². The maximum absolute atomic E-state index is 12.7. The molecule has 1 aliphatic rings. The van der Waals surface area contributed by atoms with Crippen molar-refractivity contribution in [1.29, 1.82) is 0 Å². The number of hydrogen-bond acceptors (Lipinski definition) is 7. The van der Waals surface area contributed by atoms with Crippen molar-refractivity contribution in [3.05, 3.63) is 52.2 Å². The Kier molecular flexibility index (Phi) is 6.05. The average Bonchev–Trinajstić information content (AvgIpc) is 3.29. The first kappa shape index (κ1) is 20.0. The Balaban J connectivity index is 1.70. The first-order valence-corrected chi connectivity index (χ1v) is 10.2. The highest BCUT2D eigenvalue weighted by atomic mass is 32.2. The second kappa shape index (κ2) is 8.49. The molecule has 1 aliphatic heterocycles. The molecule has 2 N–H and O–H groups in total. The summed E-state index contributed by atoms with van der Waals surface area (Å²) in [5, 5.41) is 9.46. The zero-order valence-electron chi connectivity index (χ0n) is 15.3. The highest BCUT2D eigenvalue weighted by Gasteiger charge is 2.40. The van der Waals surface area contributed by atoms with Gasteiger partial charge in [0, 0.05) is 12.0 Å². The number of carbonyl (C=O) groups excluding carboxylic acids is 3. The summed E-state index contributed by atoms with van der Waals surface area (Å²) < 4.78 is 0. The Labute approximate surface area is 170 Å². The quantitative estimate of drug-likeness (QED) is 0.266. The smallest absolute Gasteiger partial charge is 0.247 e. The molecule has 0 aliphatic carbocycles. The third-order valence-electron chi connectivity index (χ3n) is 4.08. The SMILES string of the molecule is CC(=O)c1ccc(N2C(=O)C[C@@H](S/C(N)=N\N=C(/C)c3cccs3)C2=O)cc1. The molecule has 1 aromatic heterocycles. The van der Waals surface area contributed by atoms with Crippen LogP contribution in [-0.4, -0.2) is 33.7 Å². The van der Waals surface area contributed by atoms with E-state index in [9.17, 15) is 14.4 Å². The van der Waals surface area contributed by atoms with Gasteiger partial charge in [-0.25, -0.2) is 4.90 Å². The maximum Gasteiger partial charge on any atom is 0.247 e. The van der Waals surface area contributed by atoms with Crippen LogP contribution in [0.4, 0.5) is 5.69 Å². The second-order valence-electron chi connectivity index (χ2n) is 6.08. The van der Waals surface area contributed by atoms with Gasteiger partial charge in [0.15, 0.2) is 11.0 Å². The number of benzene rings is 1. The molecule has 2 aromatic rings. The van der Waals surface area contributed by atoms with E-state index in [1.165, 1.54) is 6.92 Å². The third-order valence-corrected chi connectivity index (χ3v) is 6.03. The molecule has 2 amide bonds. The van der Waals surface area contributed by atoms with Crippen LogP contribution < -0.4 is 10.6 Å². The van der Waals surface area contributed by atoms with E-state index in [1.807, 2.05) is 24.4 Å². The fourth-order valence-corrected chi connectivity index (χ4v) is 4.12. The van der Waals surface area contributed by atoms with Crippen LogP contribution in [-0.2, 0) is 9.59 Å². The Morgan fingerprint density at radius 1 is 1.18 bits per heavy atom. The summed E-state index contributed by atoms with van der Waals surface area (Å²) in [6, 6.07) is 10.2. The van der Waals surface area contributed by atoms with Crippen molar-refractivity contribution >= 4 is 57.3 Å². The molecule has 7 nitrogen and oxygen atoms in total. The number of ketones is 1. The number of nitrogens with zero attached hydrogens (tertiary/aromatic N) is 3. The molecule has 144 valence electrons. The van der Waals surface area contributed by atoms with Gasteiger partial charge in [0.2, 0.25) is 11.8 Å². The molecule has 0 spiro atoms. The number of thiophene rings is 1. The Hall–Kier alpha value is -2.78. The van der Waals surface area contributed by atoms with Crippen LogP contribution in [0.3, 0.4) is 0 Å². The average molecular weight is 415 g/mol. The molecule has 9 heteroatoms. The van der Waals surface area contributed by atoms with Gasteiger partial charge >= 0.3 is 0 Å². The normalized spacial score (nSPS) is 18.1. The van der Waals surface area contributed by atoms with Crippen LogP contribution in [0.1, 0.15) is 35.5 Å². The van der Waals surface area contributed by atoms with E-state index in [-0.39, 0.29) is 29.2 Å². The Bertz CT molecular complexity index is 966. The van der Waals surface area contributed by atoms with Crippen molar-refractivity contribution in [1.82, 2.24) is 0 Å². The molecule has 0 radical (unpaired) electrons. The standard InChI is InChI=1S/C19H18N4O3S2/c1-11(15-4-3-9-27-15)21-22-19(20)28-16-10-17(25)23(18(16)26)14-7-5-13(6-8-14)12(2)24/h3-9,16H,10H2,1-2H3,(H2,20,22)/b21-11+/t16-/m1/s1. The van der Waals surface area contributed by atoms with Gasteiger partial charge < -0.3 is 5.73 Å². The first-order chi connectivity index (χ1) is 13.4. The molecule has 0 saturated carbocycles. The number of nitrogens with two attached hydrogens (primary N) is 1. The number of anilines is 1. The molecule has 1 fully saturated rings. The fraction of sp³-hybridized carbons (Fsp3) is 0.211. The van der Waals surface area contributed by atoms with Gasteiger partial charge in [-0.3, -0.25) is 14.4 Å². The van der Waals surface area contributed by atoms with Crippen LogP contribution in [0.5, 0.6) is 0 Å². The number of rotatable bonds is 5. The minimum atomic E-state index is -0.652. The lowest BCUT2D eigenvalue weighted by atomic mass is 10.1. The number of Topliss-reactive ketones (excluding diaryl/α,β-unsaturated/α-hetero) is 1. The van der Waals surface area contributed by atoms with Crippen LogP contribution in [0.25, 0.3) is 0 Å². The van der Waals surface area contributed by atoms with Crippen molar-refractivity contribution < 1.29 is 14.4 Å². The van der Waals surface area contributed by atoms with Crippen molar-refractivity contribution in [2.24, 2.45) is 15.9 Å². The van der Waals surface area contributed by atoms with Gasteiger partial charge in [0.25, 0.3) is 0 Å². The van der Waals surface area contributed by atoms with Gasteiger partial charge in [0.05, 0.1) is 16.3 Å². The number of amides is 2. The van der Waals surface area contributed by atoms with Gasteiger partial charge in [-0.2, -0.15) is 5.10 Å². The van der Waals surface area contributed by atoms with Gasteiger partial charge in [-0.1, -0.05) is 17.8 Å². The molecule has 0 unspecified atom stereocenters. The van der Waals surface area contributed by atoms with Crippen molar-refractivity contribution in [3.8, 4) is 0 Å². The van der Waals surface area contributed by atoms with E-state index in [0.717, 1.165) is 27.3 Å². The number of amidine groups is 1. The molecular formula is C19H18N4O3S2. The summed E-state index contributed by atoms with van der Waals surface area (Å²) in [4.78, 5) is 38.5. The third kappa shape index (κ3) is 4.37. The molecule has 1 aromatic carbocycles. The van der Waals surface area contributed by atoms with E-state index in [2.05, 4.69) is 10.2 Å². The number of imide groups is 1. The Morgan fingerprint density at radius 3 is 2.50 bits per heavy atom. The monoisotopic (exact) mass is 414 g/mol. The highest BCUT2D eigenvalue weighted by Crippen LogP contribution is 2.30. The zero-order valence-corrected chi connectivity index (χ0v) is 16.9. The lowest BCUT2D eigenvalue weighted by Crippen LogP contribution is -2.31. The predicted molar refractivity (Wildman–Crippen MR) is 113 cm³/mol. The predicted octanol–water partition coefficient (Wildman–Crippen LogP) is 3.05. The summed E-state index contributed by atoms with van der Waals surface area (Å²) >= 11 is 2.57. The maximum atomic E-state index is 12.7. The summed E-state index contributed by atoms with van der Waals surface area (Å²) in [5.41, 5.74) is 7.56. The largest absolute Gasteiger partial charge is 0.377 e. The summed E-state index contributed by atoms with van der Waals surface area (Å²) in [7, 11) is 0. The number of hydrogen-bond donors (Lipinski definition) is 1. The number of carbonyl (C=O) groups is 3. The lowest BCUT2D eigenvalue weighted by molar-refractivity contribution is -0.121. The van der Waals surface area contributed by atoms with Gasteiger partial charge in [-0.15, -0.1) is 16.4 Å². The summed E-state index contributed by atoms with van der Waals surface area (Å²) in [5.74, 6) is -0.756. The molecule has 3 rings (SSSR count). The zero-order chi connectivity index (χ0) is 20.3. The van der Waals surface area contributed by atoms with Crippen LogP contribution >= 0.6 is 23.1 Å². The molecular weight excluding hydrogens is 396 g/mol. The molecule has 2 heterocycles. The van der Waals surface area contributed by atoms with Crippen molar-refractivity contribution in [2.75, 3.05) is 4.90 Å². The van der Waals surface area contributed by atoms with Crippen molar-refractivity contribution in [2.45, 2.75) is 25.5 Å². The Morgan fingerprint density at radius 2 is 1.89 bits per heavy atom. The molecule has 0 bridgehead atoms. The molecule has 1 saturated heterocycles. The highest BCUT2D eigenvalue weighted by molar-refractivity contribution is 8.14. The van der Waals surface area contributed by atoms with Gasteiger partial charge in [0.1, 0.15) is 5.25 Å². The van der Waals surface area contributed by atoms with E-state index in [0.29, 0.717) is 11.3 Å². The lowest BCUT2D eigenvalue weighted by Gasteiger charge is -2.15. The summed E-state index contributed by atoms with van der Waals surface area (Å²) in [6.07, 6.45) is 0.0296.